The molecule has 1 aliphatic carbocycles. The van der Waals surface area contributed by atoms with Crippen molar-refractivity contribution in [1.82, 2.24) is 10.3 Å². The first kappa shape index (κ1) is 17.6. The smallest absolute Gasteiger partial charge is 0.251 e. The number of anilines is 1. The number of benzene rings is 1. The van der Waals surface area contributed by atoms with Gasteiger partial charge in [0.05, 0.1) is 18.2 Å². The Labute approximate surface area is 147 Å². The first-order valence-corrected chi connectivity index (χ1v) is 8.82. The number of aliphatic hydroxyl groups excluding tert-OH is 2. The molecule has 0 aliphatic heterocycles. The molecule has 0 spiro atoms. The number of pyridine rings is 1. The molecule has 0 bridgehead atoms. The minimum Gasteiger partial charge on any atom is -0.394 e. The van der Waals surface area contributed by atoms with Crippen LogP contribution in [-0.4, -0.2) is 45.9 Å². The number of hydrogen-bond acceptors (Lipinski definition) is 5. The number of nitrogens with one attached hydrogen (secondary N) is 2. The van der Waals surface area contributed by atoms with Crippen molar-refractivity contribution in [2.45, 2.75) is 50.8 Å². The van der Waals surface area contributed by atoms with Crippen LogP contribution in [0.25, 0.3) is 10.9 Å². The second kappa shape index (κ2) is 7.80. The largest absolute Gasteiger partial charge is 0.394 e. The third-order valence-corrected chi connectivity index (χ3v) is 4.65. The zero-order valence-electron chi connectivity index (χ0n) is 14.4. The van der Waals surface area contributed by atoms with E-state index in [0.717, 1.165) is 42.4 Å². The first-order valence-electron chi connectivity index (χ1n) is 8.82. The van der Waals surface area contributed by atoms with E-state index in [1.165, 1.54) is 0 Å². The summed E-state index contributed by atoms with van der Waals surface area (Å²) in [7, 11) is 0. The first-order chi connectivity index (χ1) is 12.0. The van der Waals surface area contributed by atoms with Gasteiger partial charge in [0.15, 0.2) is 0 Å². The molecule has 25 heavy (non-hydrogen) atoms. The monoisotopic (exact) mass is 343 g/mol. The Bertz CT molecular complexity index is 742. The third kappa shape index (κ3) is 4.46. The van der Waals surface area contributed by atoms with E-state index in [4.69, 9.17) is 5.11 Å². The van der Waals surface area contributed by atoms with Crippen LogP contribution in [0.5, 0.6) is 0 Å². The summed E-state index contributed by atoms with van der Waals surface area (Å²) in [5.41, 5.74) is 1.28. The molecule has 1 aromatic carbocycles. The molecule has 134 valence electrons. The molecule has 3 rings (SSSR count). The average molecular weight is 343 g/mol. The predicted molar refractivity (Wildman–Crippen MR) is 97.6 cm³/mol. The zero-order valence-corrected chi connectivity index (χ0v) is 14.4. The molecule has 6 nitrogen and oxygen atoms in total. The summed E-state index contributed by atoms with van der Waals surface area (Å²) in [6, 6.07) is 9.38. The Morgan fingerprint density at radius 3 is 2.68 bits per heavy atom. The van der Waals surface area contributed by atoms with Gasteiger partial charge in [-0.2, -0.15) is 0 Å². The summed E-state index contributed by atoms with van der Waals surface area (Å²) in [6.07, 6.45) is 3.33. The van der Waals surface area contributed by atoms with E-state index in [1.807, 2.05) is 18.2 Å². The van der Waals surface area contributed by atoms with Gasteiger partial charge in [0.25, 0.3) is 5.91 Å². The maximum atomic E-state index is 12.2. The highest BCUT2D eigenvalue weighted by Crippen LogP contribution is 2.23. The fourth-order valence-electron chi connectivity index (χ4n) is 3.12. The lowest BCUT2D eigenvalue weighted by atomic mass is 9.93. The number of aliphatic hydroxyl groups is 2. The number of hydrogen-bond donors (Lipinski definition) is 4. The molecule has 4 N–H and O–H groups in total. The number of fused-ring (bicyclic) bond motifs is 1. The van der Waals surface area contributed by atoms with E-state index in [1.54, 1.807) is 19.1 Å². The SMILES string of the molecule is C[C@H](CO)NC(=O)c1ccc2ccc(NC3CCC(O)CC3)nc2c1. The van der Waals surface area contributed by atoms with Crippen LogP contribution in [0.1, 0.15) is 43.0 Å². The molecule has 1 atom stereocenters. The molecule has 0 saturated heterocycles. The second-order valence-corrected chi connectivity index (χ2v) is 6.81. The molecule has 1 fully saturated rings. The van der Waals surface area contributed by atoms with Crippen molar-refractivity contribution < 1.29 is 15.0 Å². The zero-order chi connectivity index (χ0) is 17.8. The summed E-state index contributed by atoms with van der Waals surface area (Å²) in [5, 5.41) is 25.8. The van der Waals surface area contributed by atoms with Crippen LogP contribution in [0.4, 0.5) is 5.82 Å². The van der Waals surface area contributed by atoms with Gasteiger partial charge >= 0.3 is 0 Å². The summed E-state index contributed by atoms with van der Waals surface area (Å²) >= 11 is 0. The van der Waals surface area contributed by atoms with E-state index in [-0.39, 0.29) is 24.7 Å². The number of aromatic nitrogens is 1. The number of rotatable bonds is 5. The van der Waals surface area contributed by atoms with Gasteiger partial charge in [-0.05, 0) is 56.9 Å². The fraction of sp³-hybridized carbons (Fsp3) is 0.474. The normalized spacial score (nSPS) is 21.7. The number of carbonyl (C=O) groups is 1. The molecule has 1 saturated carbocycles. The van der Waals surface area contributed by atoms with Gasteiger partial charge in [0.2, 0.25) is 0 Å². The van der Waals surface area contributed by atoms with E-state index in [9.17, 15) is 9.90 Å². The molecule has 1 aliphatic rings. The Morgan fingerprint density at radius 2 is 1.96 bits per heavy atom. The van der Waals surface area contributed by atoms with Gasteiger partial charge in [-0.1, -0.05) is 6.07 Å². The van der Waals surface area contributed by atoms with E-state index >= 15 is 0 Å². The van der Waals surface area contributed by atoms with Crippen molar-refractivity contribution in [3.8, 4) is 0 Å². The van der Waals surface area contributed by atoms with Gasteiger partial charge in [0, 0.05) is 23.0 Å². The van der Waals surface area contributed by atoms with Crippen molar-refractivity contribution >= 4 is 22.6 Å². The maximum absolute atomic E-state index is 12.2. The molecule has 0 radical (unpaired) electrons. The molecule has 2 aromatic rings. The van der Waals surface area contributed by atoms with Crippen LogP contribution in [0, 0.1) is 0 Å². The van der Waals surface area contributed by atoms with Crippen molar-refractivity contribution in [3.05, 3.63) is 35.9 Å². The summed E-state index contributed by atoms with van der Waals surface area (Å²) in [5.74, 6) is 0.569. The summed E-state index contributed by atoms with van der Waals surface area (Å²) in [4.78, 5) is 16.8. The third-order valence-electron chi connectivity index (χ3n) is 4.65. The van der Waals surface area contributed by atoms with Crippen LogP contribution < -0.4 is 10.6 Å². The van der Waals surface area contributed by atoms with Gasteiger partial charge in [-0.25, -0.2) is 4.98 Å². The highest BCUT2D eigenvalue weighted by molar-refractivity contribution is 5.98. The lowest BCUT2D eigenvalue weighted by molar-refractivity contribution is 0.0922. The fourth-order valence-corrected chi connectivity index (χ4v) is 3.12. The minimum atomic E-state index is -0.286. The van der Waals surface area contributed by atoms with Crippen LogP contribution in [0.15, 0.2) is 30.3 Å². The van der Waals surface area contributed by atoms with E-state index in [0.29, 0.717) is 11.6 Å². The Kier molecular flexibility index (Phi) is 5.50. The number of amides is 1. The van der Waals surface area contributed by atoms with Gasteiger partial charge in [0.1, 0.15) is 5.82 Å². The number of nitrogens with zero attached hydrogens (tertiary/aromatic N) is 1. The van der Waals surface area contributed by atoms with Crippen molar-refractivity contribution in [1.29, 1.82) is 0 Å². The van der Waals surface area contributed by atoms with Gasteiger partial charge in [-0.3, -0.25) is 4.79 Å². The number of carbonyl (C=O) groups excluding carboxylic acids is 1. The maximum Gasteiger partial charge on any atom is 0.251 e. The van der Waals surface area contributed by atoms with E-state index in [2.05, 4.69) is 15.6 Å². The minimum absolute atomic E-state index is 0.0955. The average Bonchev–Trinajstić information content (AvgIpc) is 2.63. The quantitative estimate of drug-likeness (QED) is 0.667. The van der Waals surface area contributed by atoms with Gasteiger partial charge < -0.3 is 20.8 Å². The predicted octanol–water partition coefficient (Wildman–Crippen LogP) is 2.06. The van der Waals surface area contributed by atoms with Gasteiger partial charge in [-0.15, -0.1) is 0 Å². The standard InChI is InChI=1S/C19H25N3O3/c1-12(11-23)20-19(25)14-3-2-13-4-9-18(22-17(13)10-14)21-15-5-7-16(24)8-6-15/h2-4,9-10,12,15-16,23-24H,5-8,11H2,1H3,(H,20,25)(H,21,22)/t12-,15?,16?/m1/s1. The van der Waals surface area contributed by atoms with Crippen molar-refractivity contribution in [2.75, 3.05) is 11.9 Å². The van der Waals surface area contributed by atoms with Crippen LogP contribution >= 0.6 is 0 Å². The van der Waals surface area contributed by atoms with Crippen LogP contribution in [0.2, 0.25) is 0 Å². The molecule has 1 aromatic heterocycles. The van der Waals surface area contributed by atoms with E-state index < -0.39 is 0 Å². The molecule has 6 heteroatoms. The lowest BCUT2D eigenvalue weighted by Crippen LogP contribution is -2.34. The summed E-state index contributed by atoms with van der Waals surface area (Å²) in [6.45, 7) is 1.65. The lowest BCUT2D eigenvalue weighted by Gasteiger charge is -2.26. The highest BCUT2D eigenvalue weighted by Gasteiger charge is 2.19. The van der Waals surface area contributed by atoms with Crippen molar-refractivity contribution in [2.24, 2.45) is 0 Å². The Morgan fingerprint density at radius 1 is 1.24 bits per heavy atom. The Hall–Kier alpha value is -2.18. The topological polar surface area (TPSA) is 94.5 Å². The molecule has 0 unspecified atom stereocenters. The molecular formula is C19H25N3O3. The molecular weight excluding hydrogens is 318 g/mol. The van der Waals surface area contributed by atoms with Crippen molar-refractivity contribution in [3.63, 3.8) is 0 Å². The molecule has 1 heterocycles. The highest BCUT2D eigenvalue weighted by atomic mass is 16.3. The molecule has 1 amide bonds. The second-order valence-electron chi connectivity index (χ2n) is 6.81. The Balaban J connectivity index is 1.75. The van der Waals surface area contributed by atoms with Crippen LogP contribution in [0.3, 0.4) is 0 Å². The summed E-state index contributed by atoms with van der Waals surface area (Å²) < 4.78 is 0. The van der Waals surface area contributed by atoms with Crippen LogP contribution in [-0.2, 0) is 0 Å².